The summed E-state index contributed by atoms with van der Waals surface area (Å²) >= 11 is 1.60. The van der Waals surface area contributed by atoms with Gasteiger partial charge in [0, 0.05) is 23.9 Å². The molecule has 1 aromatic carbocycles. The molecule has 2 aromatic heterocycles. The summed E-state index contributed by atoms with van der Waals surface area (Å²) in [6, 6.07) is 5.02. The molecule has 0 bridgehead atoms. The zero-order valence-electron chi connectivity index (χ0n) is 14.4. The molecule has 2 N–H and O–H groups in total. The number of benzene rings is 1. The molecule has 1 aliphatic carbocycles. The molecule has 3 aromatic rings. The van der Waals surface area contributed by atoms with Crippen LogP contribution < -0.4 is 5.73 Å². The number of nitrogens with two attached hydrogens (primary N) is 1. The lowest BCUT2D eigenvalue weighted by Gasteiger charge is -2.09. The highest BCUT2D eigenvalue weighted by Gasteiger charge is 2.27. The van der Waals surface area contributed by atoms with E-state index in [1.54, 1.807) is 41.9 Å². The Morgan fingerprint density at radius 3 is 2.65 bits per heavy atom. The number of aromatic nitrogens is 3. The molecule has 134 valence electrons. The summed E-state index contributed by atoms with van der Waals surface area (Å²) in [5.74, 6) is 0.913. The predicted octanol–water partition coefficient (Wildman–Crippen LogP) is 3.44. The Morgan fingerprint density at radius 2 is 1.96 bits per heavy atom. The van der Waals surface area contributed by atoms with E-state index in [1.165, 1.54) is 19.1 Å². The Balaban J connectivity index is 1.81. The number of aryl methyl sites for hydroxylation is 1. The number of anilines is 1. The number of hydrogen-bond acceptors (Lipinski definition) is 7. The van der Waals surface area contributed by atoms with Crippen molar-refractivity contribution in [3.8, 4) is 21.8 Å². The Hall–Kier alpha value is -2.32. The van der Waals surface area contributed by atoms with Crippen LogP contribution in [-0.4, -0.2) is 29.6 Å². The molecule has 8 heteroatoms. The van der Waals surface area contributed by atoms with Gasteiger partial charge in [-0.15, -0.1) is 11.3 Å². The fourth-order valence-corrected chi connectivity index (χ4v) is 4.47. The van der Waals surface area contributed by atoms with Crippen molar-refractivity contribution < 1.29 is 8.42 Å². The summed E-state index contributed by atoms with van der Waals surface area (Å²) < 4.78 is 23.8. The molecule has 0 saturated heterocycles. The summed E-state index contributed by atoms with van der Waals surface area (Å²) in [6.45, 7) is 1.91. The van der Waals surface area contributed by atoms with Crippen LogP contribution in [0, 0.1) is 6.92 Å². The predicted molar refractivity (Wildman–Crippen MR) is 103 cm³/mol. The van der Waals surface area contributed by atoms with E-state index in [4.69, 9.17) is 5.73 Å². The third kappa shape index (κ3) is 3.22. The van der Waals surface area contributed by atoms with Crippen LogP contribution in [0.15, 0.2) is 35.5 Å². The maximum atomic E-state index is 11.9. The molecule has 6 nitrogen and oxygen atoms in total. The second-order valence-electron chi connectivity index (χ2n) is 6.58. The zero-order chi connectivity index (χ0) is 18.5. The first kappa shape index (κ1) is 17.1. The van der Waals surface area contributed by atoms with Crippen LogP contribution in [0.2, 0.25) is 0 Å². The second-order valence-corrected chi connectivity index (χ2v) is 9.65. The van der Waals surface area contributed by atoms with Gasteiger partial charge in [0.2, 0.25) is 0 Å². The van der Waals surface area contributed by atoms with E-state index in [9.17, 15) is 8.42 Å². The van der Waals surface area contributed by atoms with Gasteiger partial charge in [-0.05, 0) is 37.5 Å². The molecule has 0 spiro atoms. The minimum absolute atomic E-state index is 0.257. The molecule has 1 aliphatic rings. The molecule has 0 aliphatic heterocycles. The highest BCUT2D eigenvalue weighted by molar-refractivity contribution is 7.90. The van der Waals surface area contributed by atoms with Gasteiger partial charge in [0.05, 0.1) is 26.7 Å². The molecule has 0 unspecified atom stereocenters. The van der Waals surface area contributed by atoms with Gasteiger partial charge >= 0.3 is 0 Å². The summed E-state index contributed by atoms with van der Waals surface area (Å²) in [6.07, 6.45) is 6.94. The van der Waals surface area contributed by atoms with E-state index in [0.29, 0.717) is 23.1 Å². The third-order valence-corrected chi connectivity index (χ3v) is 6.67. The standard InChI is InChI=1S/C18H18N4O2S2/c1-10-3-6-12(26(2,23)24)7-13(10)14-8-20-17(19)16(22-14)15-9-21-18(25-15)11-4-5-11/h3,6-9,11H,4-5H2,1-2H3,(H2,19,20). The van der Waals surface area contributed by atoms with Crippen LogP contribution in [0.4, 0.5) is 5.82 Å². The lowest BCUT2D eigenvalue weighted by atomic mass is 10.1. The lowest BCUT2D eigenvalue weighted by molar-refractivity contribution is 0.602. The van der Waals surface area contributed by atoms with E-state index in [2.05, 4.69) is 15.0 Å². The van der Waals surface area contributed by atoms with Gasteiger partial charge in [-0.2, -0.15) is 0 Å². The highest BCUT2D eigenvalue weighted by atomic mass is 32.2. The fourth-order valence-electron chi connectivity index (χ4n) is 2.73. The van der Waals surface area contributed by atoms with Gasteiger partial charge < -0.3 is 5.73 Å². The maximum Gasteiger partial charge on any atom is 0.175 e. The van der Waals surface area contributed by atoms with Crippen molar-refractivity contribution in [3.63, 3.8) is 0 Å². The minimum atomic E-state index is -3.30. The summed E-state index contributed by atoms with van der Waals surface area (Å²) in [5, 5.41) is 1.11. The molecule has 26 heavy (non-hydrogen) atoms. The SMILES string of the molecule is Cc1ccc(S(C)(=O)=O)cc1-c1cnc(N)c(-c2cnc(C3CC3)s2)n1. The lowest BCUT2D eigenvalue weighted by Crippen LogP contribution is -2.01. The second kappa shape index (κ2) is 6.14. The maximum absolute atomic E-state index is 11.9. The quantitative estimate of drug-likeness (QED) is 0.737. The van der Waals surface area contributed by atoms with Gasteiger partial charge in [-0.25, -0.2) is 23.4 Å². The molecular weight excluding hydrogens is 368 g/mol. The Labute approximate surface area is 156 Å². The Bertz CT molecular complexity index is 1100. The number of nitrogen functional groups attached to an aromatic ring is 1. The Kier molecular flexibility index (Phi) is 4.04. The molecular formula is C18H18N4O2S2. The van der Waals surface area contributed by atoms with Crippen LogP contribution in [0.3, 0.4) is 0 Å². The van der Waals surface area contributed by atoms with Crippen molar-refractivity contribution >= 4 is 27.0 Å². The Morgan fingerprint density at radius 1 is 1.19 bits per heavy atom. The number of hydrogen-bond donors (Lipinski definition) is 1. The van der Waals surface area contributed by atoms with Crippen LogP contribution in [-0.2, 0) is 9.84 Å². The number of sulfone groups is 1. The van der Waals surface area contributed by atoms with Gasteiger partial charge in [-0.3, -0.25) is 0 Å². The van der Waals surface area contributed by atoms with E-state index in [-0.39, 0.29) is 4.90 Å². The van der Waals surface area contributed by atoms with E-state index >= 15 is 0 Å². The minimum Gasteiger partial charge on any atom is -0.382 e. The monoisotopic (exact) mass is 386 g/mol. The van der Waals surface area contributed by atoms with Crippen LogP contribution in [0.25, 0.3) is 21.8 Å². The van der Waals surface area contributed by atoms with Crippen molar-refractivity contribution in [1.29, 1.82) is 0 Å². The largest absolute Gasteiger partial charge is 0.382 e. The van der Waals surface area contributed by atoms with E-state index < -0.39 is 9.84 Å². The third-order valence-electron chi connectivity index (χ3n) is 4.40. The first-order chi connectivity index (χ1) is 12.3. The summed E-state index contributed by atoms with van der Waals surface area (Å²) in [4.78, 5) is 14.6. The van der Waals surface area contributed by atoms with E-state index in [1.807, 2.05) is 6.92 Å². The average Bonchev–Trinajstić information content (AvgIpc) is 3.32. The molecule has 0 radical (unpaired) electrons. The van der Waals surface area contributed by atoms with Crippen molar-refractivity contribution in [2.24, 2.45) is 0 Å². The fraction of sp³-hybridized carbons (Fsp3) is 0.278. The van der Waals surface area contributed by atoms with Gasteiger partial charge in [0.1, 0.15) is 5.69 Å². The topological polar surface area (TPSA) is 98.8 Å². The van der Waals surface area contributed by atoms with Crippen molar-refractivity contribution in [2.75, 3.05) is 12.0 Å². The molecule has 2 heterocycles. The summed E-state index contributed by atoms with van der Waals surface area (Å²) in [7, 11) is -3.30. The first-order valence-corrected chi connectivity index (χ1v) is 10.9. The molecule has 4 rings (SSSR count). The first-order valence-electron chi connectivity index (χ1n) is 8.22. The van der Waals surface area contributed by atoms with Crippen LogP contribution in [0.5, 0.6) is 0 Å². The van der Waals surface area contributed by atoms with E-state index in [0.717, 1.165) is 21.0 Å². The average molecular weight is 387 g/mol. The van der Waals surface area contributed by atoms with Crippen molar-refractivity contribution in [2.45, 2.75) is 30.6 Å². The zero-order valence-corrected chi connectivity index (χ0v) is 16.1. The number of rotatable bonds is 4. The van der Waals surface area contributed by atoms with Gasteiger partial charge in [0.25, 0.3) is 0 Å². The van der Waals surface area contributed by atoms with Crippen molar-refractivity contribution in [1.82, 2.24) is 15.0 Å². The normalized spacial score (nSPS) is 14.5. The van der Waals surface area contributed by atoms with Crippen LogP contribution in [0.1, 0.15) is 29.3 Å². The summed E-state index contributed by atoms with van der Waals surface area (Å²) in [5.41, 5.74) is 8.89. The molecule has 0 atom stereocenters. The van der Waals surface area contributed by atoms with Crippen LogP contribution >= 0.6 is 11.3 Å². The molecule has 1 fully saturated rings. The van der Waals surface area contributed by atoms with Crippen molar-refractivity contribution in [3.05, 3.63) is 41.2 Å². The van der Waals surface area contributed by atoms with Gasteiger partial charge in [-0.1, -0.05) is 6.07 Å². The number of thiazole rings is 1. The molecule has 1 saturated carbocycles. The van der Waals surface area contributed by atoms with Gasteiger partial charge in [0.15, 0.2) is 15.7 Å². The highest BCUT2D eigenvalue weighted by Crippen LogP contribution is 2.43. The number of nitrogens with zero attached hydrogens (tertiary/aromatic N) is 3. The molecule has 0 amide bonds. The smallest absolute Gasteiger partial charge is 0.175 e.